The zero-order chi connectivity index (χ0) is 10.3. The average Bonchev–Trinajstić information content (AvgIpc) is 2.97. The highest BCUT2D eigenvalue weighted by atomic mass is 15.3. The molecule has 1 aliphatic heterocycles. The fourth-order valence-corrected chi connectivity index (χ4v) is 2.50. The predicted octanol–water partition coefficient (Wildman–Crippen LogP) is 1.50. The SMILES string of the molecule is CC(NC1CCCn2ncnc21)C1CC1. The van der Waals surface area contributed by atoms with E-state index in [1.807, 2.05) is 4.68 Å². The number of nitrogens with zero attached hydrogens (tertiary/aromatic N) is 3. The largest absolute Gasteiger partial charge is 0.305 e. The molecule has 4 nitrogen and oxygen atoms in total. The maximum Gasteiger partial charge on any atom is 0.143 e. The van der Waals surface area contributed by atoms with E-state index in [1.165, 1.54) is 25.7 Å². The zero-order valence-corrected chi connectivity index (χ0v) is 9.19. The first kappa shape index (κ1) is 9.33. The van der Waals surface area contributed by atoms with Crippen LogP contribution in [-0.4, -0.2) is 20.8 Å². The summed E-state index contributed by atoms with van der Waals surface area (Å²) in [6.45, 7) is 3.33. The molecule has 1 saturated carbocycles. The summed E-state index contributed by atoms with van der Waals surface area (Å²) in [4.78, 5) is 4.36. The van der Waals surface area contributed by atoms with Crippen molar-refractivity contribution in [1.29, 1.82) is 0 Å². The van der Waals surface area contributed by atoms with Gasteiger partial charge in [-0.25, -0.2) is 9.67 Å². The number of hydrogen-bond donors (Lipinski definition) is 1. The van der Waals surface area contributed by atoms with Gasteiger partial charge in [-0.1, -0.05) is 0 Å². The van der Waals surface area contributed by atoms with Crippen LogP contribution in [0.4, 0.5) is 0 Å². The van der Waals surface area contributed by atoms with Crippen molar-refractivity contribution in [3.05, 3.63) is 12.2 Å². The van der Waals surface area contributed by atoms with E-state index in [9.17, 15) is 0 Å². The number of fused-ring (bicyclic) bond motifs is 1. The summed E-state index contributed by atoms with van der Waals surface area (Å²) in [5.41, 5.74) is 0. The molecule has 4 heteroatoms. The van der Waals surface area contributed by atoms with Crippen molar-refractivity contribution < 1.29 is 0 Å². The molecule has 3 rings (SSSR count). The van der Waals surface area contributed by atoms with Gasteiger partial charge < -0.3 is 5.32 Å². The van der Waals surface area contributed by atoms with Crippen LogP contribution in [0.5, 0.6) is 0 Å². The second kappa shape index (κ2) is 3.59. The summed E-state index contributed by atoms with van der Waals surface area (Å²) in [5, 5.41) is 7.94. The molecule has 2 unspecified atom stereocenters. The fourth-order valence-electron chi connectivity index (χ4n) is 2.50. The van der Waals surface area contributed by atoms with Crippen LogP contribution in [0.2, 0.25) is 0 Å². The molecule has 0 aromatic carbocycles. The van der Waals surface area contributed by atoms with Crippen LogP contribution < -0.4 is 5.32 Å². The van der Waals surface area contributed by atoms with Crippen LogP contribution in [0.25, 0.3) is 0 Å². The van der Waals surface area contributed by atoms with Gasteiger partial charge in [-0.05, 0) is 38.5 Å². The lowest BCUT2D eigenvalue weighted by molar-refractivity contribution is 0.329. The summed E-state index contributed by atoms with van der Waals surface area (Å²) < 4.78 is 2.04. The molecule has 0 radical (unpaired) electrons. The molecule has 0 saturated heterocycles. The maximum atomic E-state index is 4.36. The van der Waals surface area contributed by atoms with Gasteiger partial charge >= 0.3 is 0 Å². The minimum absolute atomic E-state index is 0.428. The summed E-state index contributed by atoms with van der Waals surface area (Å²) in [7, 11) is 0. The molecular weight excluding hydrogens is 188 g/mol. The lowest BCUT2D eigenvalue weighted by Crippen LogP contribution is -2.35. The quantitative estimate of drug-likeness (QED) is 0.815. The van der Waals surface area contributed by atoms with E-state index in [1.54, 1.807) is 6.33 Å². The van der Waals surface area contributed by atoms with E-state index < -0.39 is 0 Å². The number of hydrogen-bond acceptors (Lipinski definition) is 3. The minimum atomic E-state index is 0.428. The molecule has 82 valence electrons. The van der Waals surface area contributed by atoms with Crippen LogP contribution in [0.15, 0.2) is 6.33 Å². The number of rotatable bonds is 3. The highest BCUT2D eigenvalue weighted by Gasteiger charge is 2.31. The van der Waals surface area contributed by atoms with Gasteiger partial charge in [-0.15, -0.1) is 0 Å². The summed E-state index contributed by atoms with van der Waals surface area (Å²) in [5.74, 6) is 2.04. The van der Waals surface area contributed by atoms with Gasteiger partial charge in [0.15, 0.2) is 0 Å². The highest BCUT2D eigenvalue weighted by Crippen LogP contribution is 2.34. The molecule has 2 aliphatic rings. The third-order valence-corrected chi connectivity index (χ3v) is 3.61. The molecule has 1 aliphatic carbocycles. The van der Waals surface area contributed by atoms with Crippen molar-refractivity contribution in [3.63, 3.8) is 0 Å². The summed E-state index contributed by atoms with van der Waals surface area (Å²) in [6, 6.07) is 1.06. The van der Waals surface area contributed by atoms with Gasteiger partial charge in [0.25, 0.3) is 0 Å². The molecule has 2 atom stereocenters. The topological polar surface area (TPSA) is 42.7 Å². The monoisotopic (exact) mass is 206 g/mol. The van der Waals surface area contributed by atoms with E-state index in [0.29, 0.717) is 12.1 Å². The highest BCUT2D eigenvalue weighted by molar-refractivity contribution is 4.99. The van der Waals surface area contributed by atoms with Crippen molar-refractivity contribution in [3.8, 4) is 0 Å². The Hall–Kier alpha value is -0.900. The Kier molecular flexibility index (Phi) is 2.24. The first-order valence-electron chi connectivity index (χ1n) is 5.98. The number of nitrogens with one attached hydrogen (secondary N) is 1. The number of aromatic nitrogens is 3. The second-order valence-corrected chi connectivity index (χ2v) is 4.83. The van der Waals surface area contributed by atoms with Crippen LogP contribution in [0.3, 0.4) is 0 Å². The van der Waals surface area contributed by atoms with Crippen molar-refractivity contribution >= 4 is 0 Å². The Balaban J connectivity index is 1.72. The molecule has 0 spiro atoms. The molecule has 0 amide bonds. The maximum absolute atomic E-state index is 4.36. The predicted molar refractivity (Wildman–Crippen MR) is 57.3 cm³/mol. The van der Waals surface area contributed by atoms with Crippen LogP contribution in [0, 0.1) is 5.92 Å². The summed E-state index contributed by atoms with van der Waals surface area (Å²) >= 11 is 0. The van der Waals surface area contributed by atoms with Gasteiger partial charge in [0, 0.05) is 12.6 Å². The first-order valence-corrected chi connectivity index (χ1v) is 5.98. The lowest BCUT2D eigenvalue weighted by atomic mass is 10.1. The Morgan fingerprint density at radius 1 is 1.47 bits per heavy atom. The third kappa shape index (κ3) is 1.78. The molecule has 1 N–H and O–H groups in total. The lowest BCUT2D eigenvalue weighted by Gasteiger charge is -2.26. The fraction of sp³-hybridized carbons (Fsp3) is 0.818. The van der Waals surface area contributed by atoms with Crippen molar-refractivity contribution in [2.24, 2.45) is 5.92 Å². The Morgan fingerprint density at radius 2 is 2.33 bits per heavy atom. The summed E-state index contributed by atoms with van der Waals surface area (Å²) in [6.07, 6.45) is 6.89. The molecule has 0 bridgehead atoms. The molecule has 2 heterocycles. The third-order valence-electron chi connectivity index (χ3n) is 3.61. The van der Waals surface area contributed by atoms with Crippen LogP contribution in [-0.2, 0) is 6.54 Å². The second-order valence-electron chi connectivity index (χ2n) is 4.83. The normalized spacial score (nSPS) is 27.4. The standard InChI is InChI=1S/C11H18N4/c1-8(9-4-5-9)14-10-3-2-6-15-11(10)12-7-13-15/h7-10,14H,2-6H2,1H3. The molecule has 1 fully saturated rings. The van der Waals surface area contributed by atoms with Gasteiger partial charge in [0.2, 0.25) is 0 Å². The molecular formula is C11H18N4. The van der Waals surface area contributed by atoms with E-state index in [4.69, 9.17) is 0 Å². The van der Waals surface area contributed by atoms with E-state index >= 15 is 0 Å². The zero-order valence-electron chi connectivity index (χ0n) is 9.19. The van der Waals surface area contributed by atoms with E-state index in [-0.39, 0.29) is 0 Å². The minimum Gasteiger partial charge on any atom is -0.305 e. The van der Waals surface area contributed by atoms with Gasteiger partial charge in [-0.3, -0.25) is 0 Å². The Labute approximate surface area is 90.1 Å². The van der Waals surface area contributed by atoms with Crippen molar-refractivity contribution in [2.75, 3.05) is 0 Å². The smallest absolute Gasteiger partial charge is 0.143 e. The molecule has 1 aromatic rings. The molecule has 1 aromatic heterocycles. The van der Waals surface area contributed by atoms with E-state index in [2.05, 4.69) is 22.3 Å². The van der Waals surface area contributed by atoms with Crippen molar-refractivity contribution in [1.82, 2.24) is 20.1 Å². The number of aryl methyl sites for hydroxylation is 1. The molecule has 15 heavy (non-hydrogen) atoms. The Bertz CT molecular complexity index is 342. The van der Waals surface area contributed by atoms with Crippen LogP contribution in [0.1, 0.15) is 44.5 Å². The Morgan fingerprint density at radius 3 is 3.13 bits per heavy atom. The van der Waals surface area contributed by atoms with Gasteiger partial charge in [0.05, 0.1) is 6.04 Å². The van der Waals surface area contributed by atoms with Gasteiger partial charge in [0.1, 0.15) is 12.2 Å². The average molecular weight is 206 g/mol. The van der Waals surface area contributed by atoms with E-state index in [0.717, 1.165) is 18.3 Å². The van der Waals surface area contributed by atoms with Crippen molar-refractivity contribution in [2.45, 2.75) is 51.2 Å². The van der Waals surface area contributed by atoms with Crippen LogP contribution >= 0.6 is 0 Å². The van der Waals surface area contributed by atoms with Gasteiger partial charge in [-0.2, -0.15) is 5.10 Å². The first-order chi connectivity index (χ1) is 7.34.